The second-order valence-corrected chi connectivity index (χ2v) is 2.76. The first kappa shape index (κ1) is 13.0. The second-order valence-electron chi connectivity index (χ2n) is 2.76. The van der Waals surface area contributed by atoms with E-state index in [1.54, 1.807) is 0 Å². The van der Waals surface area contributed by atoms with E-state index < -0.39 is 40.9 Å². The van der Waals surface area contributed by atoms with E-state index in [4.69, 9.17) is 10.2 Å². The zero-order chi connectivity index (χ0) is 13.2. The van der Waals surface area contributed by atoms with Crippen LogP contribution in [-0.2, 0) is 6.61 Å². The summed E-state index contributed by atoms with van der Waals surface area (Å²) in [7, 11) is 0. The van der Waals surface area contributed by atoms with Crippen LogP contribution in [0.15, 0.2) is 6.07 Å². The van der Waals surface area contributed by atoms with E-state index in [1.807, 2.05) is 0 Å². The van der Waals surface area contributed by atoms with Gasteiger partial charge in [0.1, 0.15) is 0 Å². The van der Waals surface area contributed by atoms with Crippen LogP contribution in [0.4, 0.5) is 19.0 Å². The monoisotopic (exact) mass is 254 g/mol. The van der Waals surface area contributed by atoms with Crippen LogP contribution >= 0.6 is 0 Å². The van der Waals surface area contributed by atoms with Crippen molar-refractivity contribution in [2.45, 2.75) is 13.0 Å². The number of hydrogen-bond acceptors (Lipinski definition) is 6. The van der Waals surface area contributed by atoms with Gasteiger partial charge in [-0.05, 0) is 4.92 Å². The lowest BCUT2D eigenvalue weighted by Gasteiger charge is -2.07. The number of aromatic hydroxyl groups is 1. The molecule has 0 amide bonds. The number of halogens is 3. The number of pyridine rings is 1. The summed E-state index contributed by atoms with van der Waals surface area (Å²) >= 11 is 0. The first-order valence-electron chi connectivity index (χ1n) is 3.98. The third-order valence-corrected chi connectivity index (χ3v) is 1.58. The van der Waals surface area contributed by atoms with Gasteiger partial charge in [-0.25, -0.2) is 0 Å². The third kappa shape index (κ3) is 3.17. The van der Waals surface area contributed by atoms with E-state index in [9.17, 15) is 23.3 Å². The molecule has 17 heavy (non-hydrogen) atoms. The Bertz CT molecular complexity index is 448. The van der Waals surface area contributed by atoms with E-state index in [2.05, 4.69) is 9.72 Å². The van der Waals surface area contributed by atoms with Crippen LogP contribution in [0.25, 0.3) is 0 Å². The number of nitro groups is 1. The van der Waals surface area contributed by atoms with Crippen LogP contribution in [0.3, 0.4) is 0 Å². The van der Waals surface area contributed by atoms with E-state index in [0.717, 1.165) is 0 Å². The van der Waals surface area contributed by atoms with Gasteiger partial charge in [0.2, 0.25) is 5.75 Å². The van der Waals surface area contributed by atoms with Crippen molar-refractivity contribution in [3.05, 3.63) is 21.7 Å². The molecule has 0 atom stereocenters. The Balaban J connectivity index is 3.25. The number of nitrogens with zero attached hydrogens (tertiary/aromatic N) is 2. The molecule has 1 aromatic rings. The molecule has 0 saturated carbocycles. The maximum absolute atomic E-state index is 11.8. The van der Waals surface area contributed by atoms with Gasteiger partial charge < -0.3 is 25.1 Å². The lowest BCUT2D eigenvalue weighted by Crippen LogP contribution is -2.18. The molecule has 0 fully saturated rings. The molecule has 0 radical (unpaired) electrons. The zero-order valence-electron chi connectivity index (χ0n) is 7.93. The Hall–Kier alpha value is -2.10. The van der Waals surface area contributed by atoms with Gasteiger partial charge in [-0.15, -0.1) is 13.2 Å². The molecule has 7 nitrogen and oxygen atoms in total. The number of alkyl halides is 3. The summed E-state index contributed by atoms with van der Waals surface area (Å²) in [5, 5.41) is 28.2. The number of hydrogen-bond donors (Lipinski definition) is 2. The molecule has 0 aliphatic rings. The molecule has 2 N–H and O–H groups in total. The number of aromatic nitrogens is 1. The summed E-state index contributed by atoms with van der Waals surface area (Å²) in [6.45, 7) is -0.858. The fraction of sp³-hybridized carbons (Fsp3) is 0.286. The van der Waals surface area contributed by atoms with E-state index in [0.29, 0.717) is 6.07 Å². The molecule has 94 valence electrons. The van der Waals surface area contributed by atoms with Crippen molar-refractivity contribution in [1.29, 1.82) is 0 Å². The number of ether oxygens (including phenoxy) is 1. The maximum atomic E-state index is 11.8. The van der Waals surface area contributed by atoms with Crippen molar-refractivity contribution in [3.8, 4) is 11.6 Å². The summed E-state index contributed by atoms with van der Waals surface area (Å²) in [6, 6.07) is 0.576. The average molecular weight is 254 g/mol. The second kappa shape index (κ2) is 4.41. The molecule has 10 heteroatoms. The molecule has 1 heterocycles. The Morgan fingerprint density at radius 2 is 2.12 bits per heavy atom. The van der Waals surface area contributed by atoms with Crippen molar-refractivity contribution < 1.29 is 33.0 Å². The van der Waals surface area contributed by atoms with Crippen molar-refractivity contribution in [1.82, 2.24) is 4.98 Å². The van der Waals surface area contributed by atoms with Crippen molar-refractivity contribution in [2.24, 2.45) is 0 Å². The smallest absolute Gasteiger partial charge is 0.501 e. The number of rotatable bonds is 3. The quantitative estimate of drug-likeness (QED) is 0.617. The van der Waals surface area contributed by atoms with Crippen LogP contribution in [0.1, 0.15) is 5.56 Å². The Labute approximate surface area is 91.2 Å². The number of aliphatic hydroxyl groups is 1. The van der Waals surface area contributed by atoms with Crippen molar-refractivity contribution in [3.63, 3.8) is 0 Å². The normalized spacial score (nSPS) is 11.3. The lowest BCUT2D eigenvalue weighted by molar-refractivity contribution is -0.391. The highest BCUT2D eigenvalue weighted by molar-refractivity contribution is 5.44. The van der Waals surface area contributed by atoms with Crippen molar-refractivity contribution in [2.75, 3.05) is 0 Å². The van der Waals surface area contributed by atoms with Crippen LogP contribution < -0.4 is 4.74 Å². The molecule has 0 unspecified atom stereocenters. The standard InChI is InChI=1S/C7H5F3N2O5/c8-7(9,10)17-6-4(14)1-3(2-13)5(11-6)12(15)16/h1,13-14H,2H2. The van der Waals surface area contributed by atoms with Gasteiger partial charge in [0.05, 0.1) is 12.2 Å². The molecule has 0 saturated heterocycles. The molecule has 0 aliphatic heterocycles. The predicted octanol–water partition coefficient (Wildman–Crippen LogP) is 1.09. The summed E-state index contributed by atoms with van der Waals surface area (Å²) in [6.07, 6.45) is -5.14. The van der Waals surface area contributed by atoms with Gasteiger partial charge in [-0.3, -0.25) is 0 Å². The largest absolute Gasteiger partial charge is 0.575 e. The van der Waals surface area contributed by atoms with Crippen LogP contribution in [-0.4, -0.2) is 26.5 Å². The van der Waals surface area contributed by atoms with Gasteiger partial charge in [0, 0.05) is 11.1 Å². The average Bonchev–Trinajstić information content (AvgIpc) is 2.18. The maximum Gasteiger partial charge on any atom is 0.575 e. The Morgan fingerprint density at radius 3 is 2.53 bits per heavy atom. The number of aliphatic hydroxyl groups excluding tert-OH is 1. The Kier molecular flexibility index (Phi) is 3.36. The lowest BCUT2D eigenvalue weighted by atomic mass is 10.2. The molecule has 1 rings (SSSR count). The van der Waals surface area contributed by atoms with Gasteiger partial charge in [-0.1, -0.05) is 0 Å². The van der Waals surface area contributed by atoms with Gasteiger partial charge in [0.15, 0.2) is 0 Å². The molecular formula is C7H5F3N2O5. The first-order valence-corrected chi connectivity index (χ1v) is 3.98. The minimum atomic E-state index is -5.14. The van der Waals surface area contributed by atoms with Crippen LogP contribution in [0, 0.1) is 10.1 Å². The topological polar surface area (TPSA) is 106 Å². The molecule has 0 bridgehead atoms. The molecule has 0 aromatic carbocycles. The highest BCUT2D eigenvalue weighted by atomic mass is 19.4. The van der Waals surface area contributed by atoms with Crippen LogP contribution in [0.2, 0.25) is 0 Å². The minimum absolute atomic E-state index is 0.429. The first-order chi connectivity index (χ1) is 7.74. The minimum Gasteiger partial charge on any atom is -0.501 e. The molecule has 0 aliphatic carbocycles. The Morgan fingerprint density at radius 1 is 1.53 bits per heavy atom. The fourth-order valence-corrected chi connectivity index (χ4v) is 0.976. The highest BCUT2D eigenvalue weighted by Gasteiger charge is 2.36. The summed E-state index contributed by atoms with van der Waals surface area (Å²) in [4.78, 5) is 12.2. The van der Waals surface area contributed by atoms with Gasteiger partial charge >= 0.3 is 18.1 Å². The predicted molar refractivity (Wildman–Crippen MR) is 45.2 cm³/mol. The van der Waals surface area contributed by atoms with Crippen LogP contribution in [0.5, 0.6) is 11.6 Å². The molecular weight excluding hydrogens is 249 g/mol. The van der Waals surface area contributed by atoms with E-state index >= 15 is 0 Å². The summed E-state index contributed by atoms with van der Waals surface area (Å²) < 4.78 is 38.8. The summed E-state index contributed by atoms with van der Waals surface area (Å²) in [5.74, 6) is -3.43. The van der Waals surface area contributed by atoms with Crippen molar-refractivity contribution >= 4 is 5.82 Å². The van der Waals surface area contributed by atoms with E-state index in [-0.39, 0.29) is 0 Å². The zero-order valence-corrected chi connectivity index (χ0v) is 7.93. The van der Waals surface area contributed by atoms with E-state index in [1.165, 1.54) is 0 Å². The van der Waals surface area contributed by atoms with Gasteiger partial charge in [-0.2, -0.15) is 0 Å². The fourth-order valence-electron chi connectivity index (χ4n) is 0.976. The third-order valence-electron chi connectivity index (χ3n) is 1.58. The molecule has 0 spiro atoms. The van der Waals surface area contributed by atoms with Gasteiger partial charge in [0.25, 0.3) is 0 Å². The molecule has 1 aromatic heterocycles. The highest BCUT2D eigenvalue weighted by Crippen LogP contribution is 2.33. The summed E-state index contributed by atoms with van der Waals surface area (Å²) in [5.41, 5.74) is -0.429. The SMILES string of the molecule is O=[N+]([O-])c1nc(OC(F)(F)F)c(O)cc1CO.